The molecule has 1 aromatic carbocycles. The second-order valence-corrected chi connectivity index (χ2v) is 3.85. The van der Waals surface area contributed by atoms with E-state index in [9.17, 15) is 0 Å². The summed E-state index contributed by atoms with van der Waals surface area (Å²) < 4.78 is 10.6. The Morgan fingerprint density at radius 2 is 2.06 bits per heavy atom. The van der Waals surface area contributed by atoms with Crippen molar-refractivity contribution >= 4 is 0 Å². The first kappa shape index (κ1) is 11.0. The SMILES string of the molecule is COc1ccc(C#CC2CCCCO2)cc1. The summed E-state index contributed by atoms with van der Waals surface area (Å²) in [7, 11) is 1.66. The zero-order chi connectivity index (χ0) is 11.2. The van der Waals surface area contributed by atoms with Crippen LogP contribution in [0.25, 0.3) is 0 Å². The third-order valence-corrected chi connectivity index (χ3v) is 2.65. The Morgan fingerprint density at radius 3 is 2.69 bits per heavy atom. The number of methoxy groups -OCH3 is 1. The molecule has 1 fully saturated rings. The van der Waals surface area contributed by atoms with Crippen molar-refractivity contribution in [3.63, 3.8) is 0 Å². The van der Waals surface area contributed by atoms with Crippen molar-refractivity contribution in [1.82, 2.24) is 0 Å². The van der Waals surface area contributed by atoms with Gasteiger partial charge >= 0.3 is 0 Å². The molecule has 0 spiro atoms. The molecule has 84 valence electrons. The highest BCUT2D eigenvalue weighted by Crippen LogP contribution is 2.13. The lowest BCUT2D eigenvalue weighted by Crippen LogP contribution is -2.16. The molecule has 1 atom stereocenters. The van der Waals surface area contributed by atoms with Gasteiger partial charge in [-0.2, -0.15) is 0 Å². The third-order valence-electron chi connectivity index (χ3n) is 2.65. The van der Waals surface area contributed by atoms with Gasteiger partial charge < -0.3 is 9.47 Å². The van der Waals surface area contributed by atoms with Gasteiger partial charge in [-0.1, -0.05) is 11.8 Å². The van der Waals surface area contributed by atoms with Crippen molar-refractivity contribution in [2.24, 2.45) is 0 Å². The lowest BCUT2D eigenvalue weighted by Gasteiger charge is -2.16. The summed E-state index contributed by atoms with van der Waals surface area (Å²) in [5.74, 6) is 7.16. The molecule has 1 saturated heterocycles. The fraction of sp³-hybridized carbons (Fsp3) is 0.429. The molecular weight excluding hydrogens is 200 g/mol. The summed E-state index contributed by atoms with van der Waals surface area (Å²) in [6, 6.07) is 7.78. The van der Waals surface area contributed by atoms with Crippen LogP contribution in [0.1, 0.15) is 24.8 Å². The van der Waals surface area contributed by atoms with E-state index in [1.54, 1.807) is 7.11 Å². The van der Waals surface area contributed by atoms with Crippen molar-refractivity contribution in [3.05, 3.63) is 29.8 Å². The van der Waals surface area contributed by atoms with Crippen LogP contribution in [0.2, 0.25) is 0 Å². The molecule has 1 aliphatic rings. The van der Waals surface area contributed by atoms with Crippen LogP contribution in [-0.2, 0) is 4.74 Å². The van der Waals surface area contributed by atoms with E-state index in [1.165, 1.54) is 12.8 Å². The van der Waals surface area contributed by atoms with Crippen LogP contribution in [0.5, 0.6) is 5.75 Å². The van der Waals surface area contributed by atoms with Crippen LogP contribution in [0, 0.1) is 11.8 Å². The van der Waals surface area contributed by atoms with Gasteiger partial charge in [0.2, 0.25) is 0 Å². The van der Waals surface area contributed by atoms with Gasteiger partial charge in [0.25, 0.3) is 0 Å². The van der Waals surface area contributed by atoms with Gasteiger partial charge in [0.1, 0.15) is 11.9 Å². The average Bonchev–Trinajstić information content (AvgIpc) is 2.38. The van der Waals surface area contributed by atoms with Crippen LogP contribution < -0.4 is 4.74 Å². The summed E-state index contributed by atoms with van der Waals surface area (Å²) in [5.41, 5.74) is 1.01. The Balaban J connectivity index is 1.99. The summed E-state index contributed by atoms with van der Waals surface area (Å²) in [6.07, 6.45) is 3.57. The minimum Gasteiger partial charge on any atom is -0.497 e. The molecule has 0 N–H and O–H groups in total. The summed E-state index contributed by atoms with van der Waals surface area (Å²) in [6.45, 7) is 0.849. The molecule has 1 unspecified atom stereocenters. The van der Waals surface area contributed by atoms with Crippen LogP contribution in [-0.4, -0.2) is 19.8 Å². The first-order valence-electron chi connectivity index (χ1n) is 5.66. The van der Waals surface area contributed by atoms with E-state index in [2.05, 4.69) is 11.8 Å². The van der Waals surface area contributed by atoms with Crippen molar-refractivity contribution in [1.29, 1.82) is 0 Å². The smallest absolute Gasteiger partial charge is 0.118 e. The molecule has 2 rings (SSSR count). The molecule has 0 saturated carbocycles. The van der Waals surface area contributed by atoms with Crippen molar-refractivity contribution in [3.8, 4) is 17.6 Å². The minimum absolute atomic E-state index is 0.121. The molecule has 0 radical (unpaired) electrons. The lowest BCUT2D eigenvalue weighted by molar-refractivity contribution is 0.0526. The fourth-order valence-electron chi connectivity index (χ4n) is 1.69. The zero-order valence-corrected chi connectivity index (χ0v) is 9.53. The van der Waals surface area contributed by atoms with Gasteiger partial charge in [-0.25, -0.2) is 0 Å². The molecule has 1 aromatic rings. The van der Waals surface area contributed by atoms with E-state index in [0.29, 0.717) is 0 Å². The highest BCUT2D eigenvalue weighted by atomic mass is 16.5. The van der Waals surface area contributed by atoms with E-state index < -0.39 is 0 Å². The first-order valence-corrected chi connectivity index (χ1v) is 5.66. The number of hydrogen-bond donors (Lipinski definition) is 0. The van der Waals surface area contributed by atoms with Gasteiger partial charge in [-0.3, -0.25) is 0 Å². The average molecular weight is 216 g/mol. The van der Waals surface area contributed by atoms with E-state index >= 15 is 0 Å². The first-order chi connectivity index (χ1) is 7.88. The number of hydrogen-bond acceptors (Lipinski definition) is 2. The maximum absolute atomic E-state index is 5.55. The Bertz CT molecular complexity index is 377. The second kappa shape index (κ2) is 5.58. The maximum Gasteiger partial charge on any atom is 0.118 e. The highest BCUT2D eigenvalue weighted by Gasteiger charge is 2.09. The molecule has 1 aliphatic heterocycles. The van der Waals surface area contributed by atoms with Crippen LogP contribution in [0.3, 0.4) is 0 Å². The molecule has 0 aromatic heterocycles. The fourth-order valence-corrected chi connectivity index (χ4v) is 1.69. The van der Waals surface area contributed by atoms with Gasteiger partial charge in [0.15, 0.2) is 0 Å². The molecule has 2 nitrogen and oxygen atoms in total. The Morgan fingerprint density at radius 1 is 1.25 bits per heavy atom. The predicted octanol–water partition coefficient (Wildman–Crippen LogP) is 2.62. The molecule has 0 aliphatic carbocycles. The summed E-state index contributed by atoms with van der Waals surface area (Å²) in [4.78, 5) is 0. The quantitative estimate of drug-likeness (QED) is 0.672. The van der Waals surface area contributed by atoms with E-state index in [0.717, 1.165) is 24.3 Å². The van der Waals surface area contributed by atoms with E-state index in [-0.39, 0.29) is 6.10 Å². The molecule has 0 bridgehead atoms. The van der Waals surface area contributed by atoms with Crippen molar-refractivity contribution in [2.45, 2.75) is 25.4 Å². The molecule has 16 heavy (non-hydrogen) atoms. The largest absolute Gasteiger partial charge is 0.497 e. The second-order valence-electron chi connectivity index (χ2n) is 3.85. The highest BCUT2D eigenvalue weighted by molar-refractivity contribution is 5.38. The third kappa shape index (κ3) is 3.01. The molecule has 2 heteroatoms. The number of benzene rings is 1. The monoisotopic (exact) mass is 216 g/mol. The predicted molar refractivity (Wildman–Crippen MR) is 63.5 cm³/mol. The van der Waals surface area contributed by atoms with Crippen molar-refractivity contribution < 1.29 is 9.47 Å². The van der Waals surface area contributed by atoms with Gasteiger partial charge in [-0.05, 0) is 43.5 Å². The maximum atomic E-state index is 5.55. The Hall–Kier alpha value is -1.46. The topological polar surface area (TPSA) is 18.5 Å². The van der Waals surface area contributed by atoms with Gasteiger partial charge in [0, 0.05) is 12.2 Å². The normalized spacial score (nSPS) is 19.7. The van der Waals surface area contributed by atoms with E-state index in [4.69, 9.17) is 9.47 Å². The minimum atomic E-state index is 0.121. The molecule has 0 amide bonds. The Kier molecular flexibility index (Phi) is 3.85. The standard InChI is InChI=1S/C14H16O2/c1-15-13-8-5-12(6-9-13)7-10-14-4-2-3-11-16-14/h5-6,8-9,14H,2-4,11H2,1H3. The molecule has 1 heterocycles. The summed E-state index contributed by atoms with van der Waals surface area (Å²) in [5, 5.41) is 0. The lowest BCUT2D eigenvalue weighted by atomic mass is 10.1. The molecular formula is C14H16O2. The van der Waals surface area contributed by atoms with Crippen LogP contribution >= 0.6 is 0 Å². The van der Waals surface area contributed by atoms with Crippen molar-refractivity contribution in [2.75, 3.05) is 13.7 Å². The number of rotatable bonds is 1. The Labute approximate surface area is 96.6 Å². The van der Waals surface area contributed by atoms with Crippen LogP contribution in [0.15, 0.2) is 24.3 Å². The summed E-state index contributed by atoms with van der Waals surface area (Å²) >= 11 is 0. The number of ether oxygens (including phenoxy) is 2. The van der Waals surface area contributed by atoms with Crippen LogP contribution in [0.4, 0.5) is 0 Å². The van der Waals surface area contributed by atoms with Gasteiger partial charge in [0.05, 0.1) is 7.11 Å². The zero-order valence-electron chi connectivity index (χ0n) is 9.53. The van der Waals surface area contributed by atoms with E-state index in [1.807, 2.05) is 24.3 Å². The van der Waals surface area contributed by atoms with Gasteiger partial charge in [-0.15, -0.1) is 0 Å².